The Morgan fingerprint density at radius 3 is 2.56 bits per heavy atom. The summed E-state index contributed by atoms with van der Waals surface area (Å²) in [6.45, 7) is 3.39. The summed E-state index contributed by atoms with van der Waals surface area (Å²) < 4.78 is 0. The first-order chi connectivity index (χ1) is 7.76. The van der Waals surface area contributed by atoms with Crippen LogP contribution in [0.5, 0.6) is 0 Å². The monoisotopic (exact) mass is 223 g/mol. The van der Waals surface area contributed by atoms with Crippen molar-refractivity contribution in [3.63, 3.8) is 0 Å². The second kappa shape index (κ2) is 6.93. The van der Waals surface area contributed by atoms with Gasteiger partial charge < -0.3 is 10.4 Å². The highest BCUT2D eigenvalue weighted by atomic mass is 16.3. The van der Waals surface area contributed by atoms with Crippen molar-refractivity contribution in [2.75, 3.05) is 13.2 Å². The van der Waals surface area contributed by atoms with Gasteiger partial charge in [0.1, 0.15) is 0 Å². The third kappa shape index (κ3) is 3.81. The summed E-state index contributed by atoms with van der Waals surface area (Å²) in [5.74, 6) is 2.71. The lowest BCUT2D eigenvalue weighted by Gasteiger charge is -2.37. The fourth-order valence-electron chi connectivity index (χ4n) is 2.56. The molecule has 0 bridgehead atoms. The highest BCUT2D eigenvalue weighted by Gasteiger charge is 2.31. The van der Waals surface area contributed by atoms with E-state index in [2.05, 4.69) is 18.2 Å². The molecule has 0 amide bonds. The molecule has 0 aromatic heterocycles. The van der Waals surface area contributed by atoms with Gasteiger partial charge >= 0.3 is 0 Å². The zero-order valence-electron chi connectivity index (χ0n) is 10.5. The normalized spacial score (nSPS) is 21.3. The number of nitrogens with one attached hydrogen (secondary N) is 1. The molecule has 1 saturated carbocycles. The van der Waals surface area contributed by atoms with Gasteiger partial charge in [-0.3, -0.25) is 0 Å². The summed E-state index contributed by atoms with van der Waals surface area (Å²) in [4.78, 5) is 0. The maximum absolute atomic E-state index is 9.58. The topological polar surface area (TPSA) is 32.3 Å². The molecule has 16 heavy (non-hydrogen) atoms. The lowest BCUT2D eigenvalue weighted by Crippen LogP contribution is -2.42. The lowest BCUT2D eigenvalue weighted by atomic mass is 9.74. The third-order valence-corrected chi connectivity index (χ3v) is 3.87. The van der Waals surface area contributed by atoms with Crippen molar-refractivity contribution in [3.8, 4) is 12.3 Å². The Morgan fingerprint density at radius 2 is 2.06 bits per heavy atom. The average Bonchev–Trinajstić information content (AvgIpc) is 2.35. The van der Waals surface area contributed by atoms with Crippen LogP contribution < -0.4 is 5.32 Å². The average molecular weight is 223 g/mol. The molecule has 0 aromatic carbocycles. The fraction of sp³-hybridized carbons (Fsp3) is 0.857. The lowest BCUT2D eigenvalue weighted by molar-refractivity contribution is 0.0783. The van der Waals surface area contributed by atoms with Crippen LogP contribution in [-0.2, 0) is 0 Å². The Hall–Kier alpha value is -0.520. The van der Waals surface area contributed by atoms with Gasteiger partial charge in [0.25, 0.3) is 0 Å². The van der Waals surface area contributed by atoms with Crippen molar-refractivity contribution in [1.29, 1.82) is 0 Å². The molecule has 2 heteroatoms. The first kappa shape index (κ1) is 13.5. The minimum atomic E-state index is 0.125. The van der Waals surface area contributed by atoms with E-state index in [1.54, 1.807) is 0 Å². The maximum Gasteiger partial charge on any atom is 0.0499 e. The minimum absolute atomic E-state index is 0.125. The van der Waals surface area contributed by atoms with Gasteiger partial charge in [0.05, 0.1) is 0 Å². The molecule has 0 aromatic rings. The van der Waals surface area contributed by atoms with Gasteiger partial charge in [-0.2, -0.15) is 0 Å². The van der Waals surface area contributed by atoms with Crippen LogP contribution in [0.4, 0.5) is 0 Å². The van der Waals surface area contributed by atoms with Crippen LogP contribution in [0.3, 0.4) is 0 Å². The molecule has 0 aliphatic heterocycles. The van der Waals surface area contributed by atoms with Gasteiger partial charge in [-0.05, 0) is 19.3 Å². The van der Waals surface area contributed by atoms with E-state index in [0.717, 1.165) is 32.2 Å². The van der Waals surface area contributed by atoms with Crippen LogP contribution in [0.25, 0.3) is 0 Å². The SMILES string of the molecule is C#CCC(CC)NCC1(CO)CCCCC1. The predicted octanol–water partition coefficient (Wildman–Crippen LogP) is 2.32. The second-order valence-corrected chi connectivity index (χ2v) is 5.11. The molecule has 92 valence electrons. The van der Waals surface area contributed by atoms with Gasteiger partial charge in [-0.15, -0.1) is 12.3 Å². The van der Waals surface area contributed by atoms with Gasteiger partial charge in [0.2, 0.25) is 0 Å². The van der Waals surface area contributed by atoms with Crippen molar-refractivity contribution in [1.82, 2.24) is 5.32 Å². The van der Waals surface area contributed by atoms with E-state index in [1.165, 1.54) is 19.3 Å². The number of aliphatic hydroxyl groups excluding tert-OH is 1. The van der Waals surface area contributed by atoms with E-state index in [9.17, 15) is 5.11 Å². The van der Waals surface area contributed by atoms with E-state index in [-0.39, 0.29) is 5.41 Å². The molecule has 0 heterocycles. The largest absolute Gasteiger partial charge is 0.396 e. The first-order valence-electron chi connectivity index (χ1n) is 6.54. The van der Waals surface area contributed by atoms with Gasteiger partial charge in [0, 0.05) is 31.0 Å². The molecule has 1 rings (SSSR count). The van der Waals surface area contributed by atoms with Crippen LogP contribution in [-0.4, -0.2) is 24.3 Å². The van der Waals surface area contributed by atoms with Crippen molar-refractivity contribution < 1.29 is 5.11 Å². The van der Waals surface area contributed by atoms with Crippen molar-refractivity contribution in [2.24, 2.45) is 5.41 Å². The summed E-state index contributed by atoms with van der Waals surface area (Å²) in [6, 6.07) is 0.412. The van der Waals surface area contributed by atoms with Crippen LogP contribution in [0.15, 0.2) is 0 Å². The van der Waals surface area contributed by atoms with Crippen LogP contribution in [0.2, 0.25) is 0 Å². The second-order valence-electron chi connectivity index (χ2n) is 5.11. The predicted molar refractivity (Wildman–Crippen MR) is 68.1 cm³/mol. The van der Waals surface area contributed by atoms with Gasteiger partial charge in [-0.25, -0.2) is 0 Å². The fourth-order valence-corrected chi connectivity index (χ4v) is 2.56. The van der Waals surface area contributed by atoms with Crippen molar-refractivity contribution in [2.45, 2.75) is 57.9 Å². The zero-order valence-corrected chi connectivity index (χ0v) is 10.5. The number of hydrogen-bond donors (Lipinski definition) is 2. The number of hydrogen-bond acceptors (Lipinski definition) is 2. The van der Waals surface area contributed by atoms with E-state index >= 15 is 0 Å². The maximum atomic E-state index is 9.58. The molecule has 1 atom stereocenters. The van der Waals surface area contributed by atoms with E-state index in [0.29, 0.717) is 12.6 Å². The summed E-state index contributed by atoms with van der Waals surface area (Å²) >= 11 is 0. The van der Waals surface area contributed by atoms with E-state index < -0.39 is 0 Å². The van der Waals surface area contributed by atoms with Crippen LogP contribution in [0.1, 0.15) is 51.9 Å². The number of terminal acetylenes is 1. The molecule has 1 aliphatic rings. The molecule has 2 nitrogen and oxygen atoms in total. The molecule has 2 N–H and O–H groups in total. The van der Waals surface area contributed by atoms with E-state index in [4.69, 9.17) is 6.42 Å². The molecular formula is C14H25NO. The Bertz CT molecular complexity index is 225. The molecule has 1 aliphatic carbocycles. The summed E-state index contributed by atoms with van der Waals surface area (Å²) in [5, 5.41) is 13.1. The van der Waals surface area contributed by atoms with Crippen LogP contribution in [0, 0.1) is 17.8 Å². The quantitative estimate of drug-likeness (QED) is 0.677. The third-order valence-electron chi connectivity index (χ3n) is 3.87. The Labute approximate surface area is 99.8 Å². The van der Waals surface area contributed by atoms with Gasteiger partial charge in [0.15, 0.2) is 0 Å². The highest BCUT2D eigenvalue weighted by Crippen LogP contribution is 2.35. The zero-order chi connectivity index (χ0) is 11.9. The van der Waals surface area contributed by atoms with Crippen LogP contribution >= 0.6 is 0 Å². The summed E-state index contributed by atoms with van der Waals surface area (Å²) in [5.41, 5.74) is 0.125. The molecule has 0 radical (unpaired) electrons. The summed E-state index contributed by atoms with van der Waals surface area (Å²) in [7, 11) is 0. The molecular weight excluding hydrogens is 198 g/mol. The Kier molecular flexibility index (Phi) is 5.87. The Balaban J connectivity index is 2.40. The first-order valence-corrected chi connectivity index (χ1v) is 6.54. The Morgan fingerprint density at radius 1 is 1.38 bits per heavy atom. The standard InChI is InChI=1S/C14H25NO/c1-3-8-13(4-2)15-11-14(12-16)9-6-5-7-10-14/h1,13,15-16H,4-12H2,2H3. The molecule has 1 fully saturated rings. The van der Waals surface area contributed by atoms with Crippen molar-refractivity contribution >= 4 is 0 Å². The van der Waals surface area contributed by atoms with E-state index in [1.807, 2.05) is 0 Å². The molecule has 0 saturated heterocycles. The smallest absolute Gasteiger partial charge is 0.0499 e. The number of aliphatic hydroxyl groups is 1. The molecule has 1 unspecified atom stereocenters. The molecule has 0 spiro atoms. The van der Waals surface area contributed by atoms with Gasteiger partial charge in [-0.1, -0.05) is 26.2 Å². The number of rotatable bonds is 6. The minimum Gasteiger partial charge on any atom is -0.396 e. The summed E-state index contributed by atoms with van der Waals surface area (Å²) in [6.07, 6.45) is 13.3. The highest BCUT2D eigenvalue weighted by molar-refractivity contribution is 4.91. The van der Waals surface area contributed by atoms with Crippen molar-refractivity contribution in [3.05, 3.63) is 0 Å².